The van der Waals surface area contributed by atoms with Crippen molar-refractivity contribution in [2.75, 3.05) is 4.72 Å². The van der Waals surface area contributed by atoms with Crippen LogP contribution in [0.15, 0.2) is 107 Å². The fraction of sp³-hybridized carbons (Fsp3) is 0. The van der Waals surface area contributed by atoms with E-state index in [1.165, 1.54) is 12.1 Å². The Morgan fingerprint density at radius 1 is 0.758 bits per heavy atom. The molecule has 4 rings (SSSR count). The summed E-state index contributed by atoms with van der Waals surface area (Å²) in [5, 5.41) is 1.68. The molecular formula is C25H21N3O3S2. The number of amides is 1. The highest BCUT2D eigenvalue weighted by Gasteiger charge is 2.19. The van der Waals surface area contributed by atoms with E-state index in [0.29, 0.717) is 5.70 Å². The normalized spacial score (nSPS) is 10.9. The minimum absolute atomic E-state index is 0.170. The van der Waals surface area contributed by atoms with Crippen LogP contribution in [0.1, 0.15) is 15.9 Å². The maximum absolute atomic E-state index is 12.8. The fourth-order valence-electron chi connectivity index (χ4n) is 3.15. The Hall–Kier alpha value is -3.88. The smallest absolute Gasteiger partial charge is 0.271 e. The first-order chi connectivity index (χ1) is 15.9. The summed E-state index contributed by atoms with van der Waals surface area (Å²) in [5.41, 5.74) is 9.24. The second kappa shape index (κ2) is 9.72. The van der Waals surface area contributed by atoms with E-state index in [-0.39, 0.29) is 15.5 Å². The molecule has 6 nitrogen and oxygen atoms in total. The summed E-state index contributed by atoms with van der Waals surface area (Å²) in [6.45, 7) is 3.97. The SMILES string of the molecule is C=C(NNC(=O)c1ccccc1NS(=O)(=O)c1cccs1)c1ccc(-c2ccccc2)cc1. The van der Waals surface area contributed by atoms with E-state index in [4.69, 9.17) is 0 Å². The van der Waals surface area contributed by atoms with Crippen molar-refractivity contribution in [1.29, 1.82) is 0 Å². The number of carbonyl (C=O) groups excluding carboxylic acids is 1. The molecule has 0 radical (unpaired) electrons. The van der Waals surface area contributed by atoms with Gasteiger partial charge in [0.1, 0.15) is 4.21 Å². The number of anilines is 1. The van der Waals surface area contributed by atoms with Crippen molar-refractivity contribution in [2.24, 2.45) is 0 Å². The van der Waals surface area contributed by atoms with Crippen LogP contribution in [0, 0.1) is 0 Å². The molecule has 3 N–H and O–H groups in total. The minimum atomic E-state index is -3.78. The van der Waals surface area contributed by atoms with Crippen molar-refractivity contribution >= 4 is 38.7 Å². The Balaban J connectivity index is 1.42. The third kappa shape index (κ3) is 5.31. The zero-order chi connectivity index (χ0) is 23.3. The Morgan fingerprint density at radius 3 is 2.12 bits per heavy atom. The molecule has 0 fully saturated rings. The quantitative estimate of drug-likeness (QED) is 0.309. The Labute approximate surface area is 196 Å². The summed E-state index contributed by atoms with van der Waals surface area (Å²) < 4.78 is 27.8. The van der Waals surface area contributed by atoms with Gasteiger partial charge < -0.3 is 0 Å². The first-order valence-electron chi connectivity index (χ1n) is 10.0. The van der Waals surface area contributed by atoms with E-state index in [0.717, 1.165) is 28.0 Å². The van der Waals surface area contributed by atoms with Crippen LogP contribution in [-0.4, -0.2) is 14.3 Å². The van der Waals surface area contributed by atoms with Crippen LogP contribution in [0.25, 0.3) is 16.8 Å². The van der Waals surface area contributed by atoms with Gasteiger partial charge in [-0.25, -0.2) is 8.42 Å². The lowest BCUT2D eigenvalue weighted by molar-refractivity contribution is 0.0943. The van der Waals surface area contributed by atoms with Gasteiger partial charge in [0.25, 0.3) is 15.9 Å². The number of benzene rings is 3. The summed E-state index contributed by atoms with van der Waals surface area (Å²) in [5.74, 6) is -0.499. The standard InChI is InChI=1S/C25H21N3O3S2/c1-18(19-13-15-21(16-14-19)20-8-3-2-4-9-20)26-27-25(29)22-10-5-6-11-23(22)28-33(30,31)24-12-7-17-32-24/h2-17,26,28H,1H2,(H,27,29). The molecule has 0 unspecified atom stereocenters. The lowest BCUT2D eigenvalue weighted by Crippen LogP contribution is -2.36. The first kappa shape index (κ1) is 22.3. The summed E-state index contributed by atoms with van der Waals surface area (Å²) in [4.78, 5) is 12.8. The number of hydrogen-bond donors (Lipinski definition) is 3. The van der Waals surface area contributed by atoms with Crippen LogP contribution in [0.3, 0.4) is 0 Å². The number of hydrogen-bond acceptors (Lipinski definition) is 5. The van der Waals surface area contributed by atoms with Gasteiger partial charge in [0.2, 0.25) is 0 Å². The van der Waals surface area contributed by atoms with Gasteiger partial charge in [0.05, 0.1) is 16.9 Å². The molecule has 8 heteroatoms. The summed E-state index contributed by atoms with van der Waals surface area (Å²) >= 11 is 1.10. The molecular weight excluding hydrogens is 454 g/mol. The molecule has 0 saturated carbocycles. The van der Waals surface area contributed by atoms with Gasteiger partial charge in [0, 0.05) is 0 Å². The van der Waals surface area contributed by atoms with Gasteiger partial charge in [-0.05, 0) is 40.3 Å². The number of thiophene rings is 1. The highest BCUT2D eigenvalue weighted by molar-refractivity contribution is 7.94. The van der Waals surface area contributed by atoms with Gasteiger partial charge in [0.15, 0.2) is 0 Å². The van der Waals surface area contributed by atoms with E-state index in [9.17, 15) is 13.2 Å². The van der Waals surface area contributed by atoms with Gasteiger partial charge >= 0.3 is 0 Å². The zero-order valence-corrected chi connectivity index (χ0v) is 19.1. The molecule has 0 saturated heterocycles. The van der Waals surface area contributed by atoms with E-state index in [1.807, 2.05) is 54.6 Å². The van der Waals surface area contributed by atoms with Crippen molar-refractivity contribution < 1.29 is 13.2 Å². The molecule has 166 valence electrons. The van der Waals surface area contributed by atoms with Crippen molar-refractivity contribution in [2.45, 2.75) is 4.21 Å². The van der Waals surface area contributed by atoms with Crippen molar-refractivity contribution in [1.82, 2.24) is 10.9 Å². The topological polar surface area (TPSA) is 87.3 Å². The summed E-state index contributed by atoms with van der Waals surface area (Å²) in [7, 11) is -3.78. The predicted molar refractivity (Wildman–Crippen MR) is 133 cm³/mol. The molecule has 1 amide bonds. The molecule has 1 heterocycles. The molecule has 4 aromatic rings. The summed E-state index contributed by atoms with van der Waals surface area (Å²) in [6, 6.07) is 27.3. The second-order valence-corrected chi connectivity index (χ2v) is 9.94. The Kier molecular flexibility index (Phi) is 6.58. The van der Waals surface area contributed by atoms with Gasteiger partial charge in [-0.2, -0.15) is 0 Å². The maximum Gasteiger partial charge on any atom is 0.271 e. The van der Waals surface area contributed by atoms with Gasteiger partial charge in [-0.1, -0.05) is 79.4 Å². The molecule has 0 aliphatic carbocycles. The molecule has 33 heavy (non-hydrogen) atoms. The number of rotatable bonds is 8. The number of sulfonamides is 1. The average Bonchev–Trinajstić information content (AvgIpc) is 3.39. The minimum Gasteiger partial charge on any atom is -0.298 e. The maximum atomic E-state index is 12.8. The first-order valence-corrected chi connectivity index (χ1v) is 12.4. The molecule has 0 aliphatic rings. The average molecular weight is 476 g/mol. The van der Waals surface area contributed by atoms with Crippen LogP contribution >= 0.6 is 11.3 Å². The lowest BCUT2D eigenvalue weighted by Gasteiger charge is -2.14. The van der Waals surface area contributed by atoms with Crippen LogP contribution in [0.4, 0.5) is 5.69 Å². The molecule has 0 atom stereocenters. The van der Waals surface area contributed by atoms with Crippen LogP contribution < -0.4 is 15.6 Å². The summed E-state index contributed by atoms with van der Waals surface area (Å²) in [6.07, 6.45) is 0. The van der Waals surface area contributed by atoms with E-state index >= 15 is 0 Å². The van der Waals surface area contributed by atoms with Crippen LogP contribution in [-0.2, 0) is 10.0 Å². The molecule has 3 aromatic carbocycles. The van der Waals surface area contributed by atoms with E-state index < -0.39 is 15.9 Å². The fourth-order valence-corrected chi connectivity index (χ4v) is 5.22. The number of hydrazine groups is 1. The lowest BCUT2D eigenvalue weighted by atomic mass is 10.0. The third-order valence-corrected chi connectivity index (χ3v) is 7.61. The van der Waals surface area contributed by atoms with Crippen molar-refractivity contribution in [3.63, 3.8) is 0 Å². The highest BCUT2D eigenvalue weighted by Crippen LogP contribution is 2.23. The Bertz CT molecular complexity index is 1370. The van der Waals surface area contributed by atoms with Gasteiger partial charge in [-0.15, -0.1) is 11.3 Å². The monoisotopic (exact) mass is 475 g/mol. The number of carbonyl (C=O) groups is 1. The largest absolute Gasteiger partial charge is 0.298 e. The van der Waals surface area contributed by atoms with E-state index in [1.54, 1.807) is 29.6 Å². The highest BCUT2D eigenvalue weighted by atomic mass is 32.2. The van der Waals surface area contributed by atoms with Crippen LogP contribution in [0.2, 0.25) is 0 Å². The molecule has 1 aromatic heterocycles. The van der Waals surface area contributed by atoms with Crippen molar-refractivity contribution in [3.8, 4) is 11.1 Å². The van der Waals surface area contributed by atoms with Crippen LogP contribution in [0.5, 0.6) is 0 Å². The predicted octanol–water partition coefficient (Wildman–Crippen LogP) is 5.12. The third-order valence-electron chi connectivity index (χ3n) is 4.84. The van der Waals surface area contributed by atoms with Crippen molar-refractivity contribution in [3.05, 3.63) is 114 Å². The second-order valence-electron chi connectivity index (χ2n) is 7.08. The Morgan fingerprint density at radius 2 is 1.42 bits per heavy atom. The molecule has 0 bridgehead atoms. The van der Waals surface area contributed by atoms with Gasteiger partial charge in [-0.3, -0.25) is 20.4 Å². The number of para-hydroxylation sites is 1. The van der Waals surface area contributed by atoms with E-state index in [2.05, 4.69) is 22.2 Å². The zero-order valence-electron chi connectivity index (χ0n) is 17.5. The molecule has 0 spiro atoms. The number of nitrogens with one attached hydrogen (secondary N) is 3. The molecule has 0 aliphatic heterocycles.